The van der Waals surface area contributed by atoms with Crippen LogP contribution in [-0.4, -0.2) is 46.1 Å². The fourth-order valence-corrected chi connectivity index (χ4v) is 3.92. The molecule has 0 aliphatic carbocycles. The maximum Gasteiger partial charge on any atom is 0.253 e. The summed E-state index contributed by atoms with van der Waals surface area (Å²) in [6, 6.07) is 8.95. The van der Waals surface area contributed by atoms with E-state index in [0.717, 1.165) is 30.8 Å². The first-order valence-electron chi connectivity index (χ1n) is 10.2. The highest BCUT2D eigenvalue weighted by Crippen LogP contribution is 2.20. The lowest BCUT2D eigenvalue weighted by Gasteiger charge is -2.32. The second-order valence-corrected chi connectivity index (χ2v) is 8.49. The zero-order chi connectivity index (χ0) is 21.0. The summed E-state index contributed by atoms with van der Waals surface area (Å²) < 4.78 is 1.99. The van der Waals surface area contributed by atoms with Gasteiger partial charge < -0.3 is 10.2 Å². The third-order valence-electron chi connectivity index (χ3n) is 5.38. The molecule has 29 heavy (non-hydrogen) atoms. The molecule has 2 heterocycles. The smallest absolute Gasteiger partial charge is 0.253 e. The van der Waals surface area contributed by atoms with E-state index >= 15 is 0 Å². The second kappa shape index (κ2) is 9.44. The van der Waals surface area contributed by atoms with Crippen LogP contribution in [-0.2, 0) is 11.3 Å². The molecular weight excluding hydrogens is 388 g/mol. The van der Waals surface area contributed by atoms with Gasteiger partial charge in [0.05, 0.1) is 11.6 Å². The lowest BCUT2D eigenvalue weighted by Crippen LogP contribution is -2.46. The van der Waals surface area contributed by atoms with Gasteiger partial charge in [-0.3, -0.25) is 14.3 Å². The number of aryl methyl sites for hydroxylation is 2. The highest BCUT2D eigenvalue weighted by atomic mass is 35.5. The number of carbonyl (C=O) groups excluding carboxylic acids is 2. The summed E-state index contributed by atoms with van der Waals surface area (Å²) in [5, 5.41) is 8.16. The van der Waals surface area contributed by atoms with E-state index in [4.69, 9.17) is 11.6 Å². The Morgan fingerprint density at radius 1 is 1.28 bits per heavy atom. The van der Waals surface area contributed by atoms with Gasteiger partial charge in [-0.25, -0.2) is 0 Å². The van der Waals surface area contributed by atoms with Gasteiger partial charge >= 0.3 is 0 Å². The number of amides is 2. The summed E-state index contributed by atoms with van der Waals surface area (Å²) in [5.74, 6) is 0.0871. The highest BCUT2D eigenvalue weighted by Gasteiger charge is 2.29. The van der Waals surface area contributed by atoms with E-state index < -0.39 is 0 Å². The molecule has 2 aromatic rings. The Bertz CT molecular complexity index is 862. The molecule has 6 nitrogen and oxygen atoms in total. The number of nitrogens with zero attached hydrogens (tertiary/aromatic N) is 3. The topological polar surface area (TPSA) is 67.2 Å². The Morgan fingerprint density at radius 2 is 2.00 bits per heavy atom. The lowest BCUT2D eigenvalue weighted by molar-refractivity contribution is -0.126. The first-order valence-corrected chi connectivity index (χ1v) is 10.5. The maximum absolute atomic E-state index is 12.7. The van der Waals surface area contributed by atoms with Crippen molar-refractivity contribution in [3.8, 4) is 0 Å². The average Bonchev–Trinajstić information content (AvgIpc) is 3.03. The monoisotopic (exact) mass is 416 g/mol. The van der Waals surface area contributed by atoms with Gasteiger partial charge in [0.25, 0.3) is 5.91 Å². The predicted molar refractivity (Wildman–Crippen MR) is 114 cm³/mol. The van der Waals surface area contributed by atoms with Crippen LogP contribution in [0.3, 0.4) is 0 Å². The van der Waals surface area contributed by atoms with Crippen LogP contribution in [0, 0.1) is 25.7 Å². The summed E-state index contributed by atoms with van der Waals surface area (Å²) in [6.07, 6.45) is 1.64. The van der Waals surface area contributed by atoms with Gasteiger partial charge in [0.2, 0.25) is 5.91 Å². The summed E-state index contributed by atoms with van der Waals surface area (Å²) in [4.78, 5) is 27.2. The Kier molecular flexibility index (Phi) is 6.96. The quantitative estimate of drug-likeness (QED) is 0.784. The Morgan fingerprint density at radius 3 is 2.66 bits per heavy atom. The zero-order valence-corrected chi connectivity index (χ0v) is 18.1. The van der Waals surface area contributed by atoms with Crippen molar-refractivity contribution >= 4 is 23.4 Å². The Hall–Kier alpha value is -2.34. The van der Waals surface area contributed by atoms with Crippen molar-refractivity contribution in [3.05, 3.63) is 52.3 Å². The molecule has 0 bridgehead atoms. The van der Waals surface area contributed by atoms with Gasteiger partial charge in [0.1, 0.15) is 0 Å². The number of rotatable bonds is 6. The van der Waals surface area contributed by atoms with Crippen LogP contribution in [0.25, 0.3) is 0 Å². The number of carbonyl (C=O) groups is 2. The third-order valence-corrected chi connectivity index (χ3v) is 5.64. The van der Waals surface area contributed by atoms with E-state index in [2.05, 4.69) is 23.4 Å². The minimum absolute atomic E-state index is 0.0267. The van der Waals surface area contributed by atoms with Gasteiger partial charge in [-0.2, -0.15) is 5.10 Å². The molecule has 1 aromatic carbocycles. The third kappa shape index (κ3) is 5.60. The van der Waals surface area contributed by atoms with Crippen LogP contribution in [0.15, 0.2) is 30.3 Å². The van der Waals surface area contributed by atoms with Crippen molar-refractivity contribution in [2.75, 3.05) is 19.6 Å². The fraction of sp³-hybridized carbons (Fsp3) is 0.500. The van der Waals surface area contributed by atoms with E-state index in [1.54, 1.807) is 29.2 Å². The van der Waals surface area contributed by atoms with Crippen molar-refractivity contribution in [1.82, 2.24) is 20.0 Å². The average molecular weight is 417 g/mol. The van der Waals surface area contributed by atoms with Crippen LogP contribution < -0.4 is 5.32 Å². The molecule has 2 atom stereocenters. The molecule has 0 saturated carbocycles. The first kappa shape index (κ1) is 21.4. The first-order chi connectivity index (χ1) is 13.8. The largest absolute Gasteiger partial charge is 0.355 e. The van der Waals surface area contributed by atoms with E-state index in [1.807, 2.05) is 18.5 Å². The second-order valence-electron chi connectivity index (χ2n) is 8.06. The van der Waals surface area contributed by atoms with E-state index in [9.17, 15) is 9.59 Å². The van der Waals surface area contributed by atoms with Crippen molar-refractivity contribution < 1.29 is 9.59 Å². The summed E-state index contributed by atoms with van der Waals surface area (Å²) >= 11 is 5.90. The molecule has 0 spiro atoms. The van der Waals surface area contributed by atoms with Gasteiger partial charge in [-0.1, -0.05) is 18.5 Å². The Balaban J connectivity index is 1.50. The number of aromatic nitrogens is 2. The SMILES string of the molecule is Cc1cc(C)n(C[C@@H](C)CNC(=O)[C@@H]2CCCN(C(=O)c3ccc(Cl)cc3)C2)n1. The van der Waals surface area contributed by atoms with E-state index in [0.29, 0.717) is 30.2 Å². The summed E-state index contributed by atoms with van der Waals surface area (Å²) in [5.41, 5.74) is 2.74. The number of hydrogen-bond acceptors (Lipinski definition) is 3. The van der Waals surface area contributed by atoms with Crippen molar-refractivity contribution in [1.29, 1.82) is 0 Å². The summed E-state index contributed by atoms with van der Waals surface area (Å²) in [7, 11) is 0. The minimum atomic E-state index is -0.166. The van der Waals surface area contributed by atoms with Gasteiger partial charge in [0, 0.05) is 42.5 Å². The van der Waals surface area contributed by atoms with Crippen LogP contribution in [0.5, 0.6) is 0 Å². The standard InChI is InChI=1S/C22H29ClN4O2/c1-15(13-27-17(3)11-16(2)25-27)12-24-21(28)19-5-4-10-26(14-19)22(29)18-6-8-20(23)9-7-18/h6-9,11,15,19H,4-5,10,12-14H2,1-3H3,(H,24,28)/t15-,19+/m0/s1. The van der Waals surface area contributed by atoms with Crippen molar-refractivity contribution in [2.45, 2.75) is 40.2 Å². The molecule has 1 N–H and O–H groups in total. The van der Waals surface area contributed by atoms with E-state index in [-0.39, 0.29) is 23.7 Å². The Labute approximate surface area is 177 Å². The molecular formula is C22H29ClN4O2. The molecule has 0 radical (unpaired) electrons. The zero-order valence-electron chi connectivity index (χ0n) is 17.3. The van der Waals surface area contributed by atoms with Crippen LogP contribution in [0.1, 0.15) is 41.5 Å². The van der Waals surface area contributed by atoms with Gasteiger partial charge in [-0.15, -0.1) is 0 Å². The number of nitrogens with one attached hydrogen (secondary N) is 1. The van der Waals surface area contributed by atoms with Crippen molar-refractivity contribution in [3.63, 3.8) is 0 Å². The molecule has 156 valence electrons. The summed E-state index contributed by atoms with van der Waals surface area (Å²) in [6.45, 7) is 8.63. The number of piperidine rings is 1. The minimum Gasteiger partial charge on any atom is -0.355 e. The van der Waals surface area contributed by atoms with Gasteiger partial charge in [0.15, 0.2) is 0 Å². The fourth-order valence-electron chi connectivity index (χ4n) is 3.79. The number of likely N-dealkylation sites (tertiary alicyclic amines) is 1. The molecule has 1 fully saturated rings. The lowest BCUT2D eigenvalue weighted by atomic mass is 9.96. The number of hydrogen-bond donors (Lipinski definition) is 1. The molecule has 0 unspecified atom stereocenters. The van der Waals surface area contributed by atoms with E-state index in [1.165, 1.54) is 0 Å². The molecule has 1 saturated heterocycles. The molecule has 2 amide bonds. The molecule has 1 aromatic heterocycles. The van der Waals surface area contributed by atoms with Crippen LogP contribution in [0.2, 0.25) is 5.02 Å². The van der Waals surface area contributed by atoms with Crippen LogP contribution >= 0.6 is 11.6 Å². The molecule has 3 rings (SSSR count). The van der Waals surface area contributed by atoms with Crippen molar-refractivity contribution in [2.24, 2.45) is 11.8 Å². The predicted octanol–water partition coefficient (Wildman–Crippen LogP) is 3.46. The normalized spacial score (nSPS) is 17.8. The molecule has 1 aliphatic heterocycles. The molecule has 1 aliphatic rings. The van der Waals surface area contributed by atoms with Crippen LogP contribution in [0.4, 0.5) is 0 Å². The van der Waals surface area contributed by atoms with Gasteiger partial charge in [-0.05, 0) is 62.9 Å². The number of halogens is 1. The molecule has 7 heteroatoms. The maximum atomic E-state index is 12.7. The number of benzene rings is 1. The highest BCUT2D eigenvalue weighted by molar-refractivity contribution is 6.30.